The van der Waals surface area contributed by atoms with Gasteiger partial charge in [-0.3, -0.25) is 9.59 Å². The van der Waals surface area contributed by atoms with Crippen molar-refractivity contribution in [2.75, 3.05) is 14.2 Å². The van der Waals surface area contributed by atoms with E-state index >= 15 is 0 Å². The highest BCUT2D eigenvalue weighted by atomic mass is 16.5. The predicted molar refractivity (Wildman–Crippen MR) is 156 cm³/mol. The van der Waals surface area contributed by atoms with Crippen molar-refractivity contribution in [3.05, 3.63) is 95.7 Å². The predicted octanol–water partition coefficient (Wildman–Crippen LogP) is 5.95. The maximum atomic E-state index is 14.2. The highest BCUT2D eigenvalue weighted by molar-refractivity contribution is 5.92. The molecule has 1 saturated carbocycles. The van der Waals surface area contributed by atoms with Crippen LogP contribution in [0.1, 0.15) is 54.8 Å². The van der Waals surface area contributed by atoms with Gasteiger partial charge in [0.1, 0.15) is 6.04 Å². The molecule has 0 spiro atoms. The number of carbonyl (C=O) groups is 2. The van der Waals surface area contributed by atoms with Crippen LogP contribution in [0.3, 0.4) is 0 Å². The average Bonchev–Trinajstić information content (AvgIpc) is 3.40. The number of aromatic amines is 1. The van der Waals surface area contributed by atoms with Gasteiger partial charge in [-0.2, -0.15) is 0 Å². The highest BCUT2D eigenvalue weighted by Gasteiger charge is 2.34. The first-order chi connectivity index (χ1) is 19.6. The van der Waals surface area contributed by atoms with E-state index in [1.54, 1.807) is 31.3 Å². The Labute approximate surface area is 235 Å². The van der Waals surface area contributed by atoms with E-state index in [2.05, 4.69) is 10.3 Å². The first kappa shape index (κ1) is 27.3. The van der Waals surface area contributed by atoms with E-state index in [9.17, 15) is 9.59 Å². The largest absolute Gasteiger partial charge is 0.493 e. The Morgan fingerprint density at radius 3 is 2.40 bits per heavy atom. The van der Waals surface area contributed by atoms with E-state index in [1.165, 1.54) is 6.42 Å². The molecule has 2 N–H and O–H groups in total. The number of aromatic nitrogens is 1. The monoisotopic (exact) mass is 539 g/mol. The van der Waals surface area contributed by atoms with Gasteiger partial charge in [0.05, 0.1) is 20.6 Å². The molecule has 3 aromatic carbocycles. The molecule has 7 heteroatoms. The Morgan fingerprint density at radius 1 is 0.925 bits per heavy atom. The van der Waals surface area contributed by atoms with Crippen molar-refractivity contribution in [2.45, 2.75) is 57.2 Å². The molecule has 1 atom stereocenters. The molecule has 0 bridgehead atoms. The molecule has 0 saturated heterocycles. The third-order valence-corrected chi connectivity index (χ3v) is 7.77. The lowest BCUT2D eigenvalue weighted by Gasteiger charge is -2.34. The molecular weight excluding hydrogens is 502 g/mol. The van der Waals surface area contributed by atoms with Gasteiger partial charge in [0.2, 0.25) is 11.8 Å². The smallest absolute Gasteiger partial charge is 0.247 e. The van der Waals surface area contributed by atoms with E-state index in [4.69, 9.17) is 9.47 Å². The number of para-hydroxylation sites is 1. The van der Waals surface area contributed by atoms with Crippen molar-refractivity contribution in [1.82, 2.24) is 15.2 Å². The van der Waals surface area contributed by atoms with Gasteiger partial charge >= 0.3 is 0 Å². The van der Waals surface area contributed by atoms with Gasteiger partial charge in [0, 0.05) is 29.7 Å². The molecule has 1 aromatic heterocycles. The Hall–Kier alpha value is -4.26. The maximum absolute atomic E-state index is 14.2. The summed E-state index contributed by atoms with van der Waals surface area (Å²) in [5, 5.41) is 4.29. The summed E-state index contributed by atoms with van der Waals surface area (Å²) in [5.41, 5.74) is 3.50. The molecule has 4 aromatic rings. The third-order valence-electron chi connectivity index (χ3n) is 7.77. The number of rotatable bonds is 10. The van der Waals surface area contributed by atoms with Crippen LogP contribution in [0.5, 0.6) is 11.5 Å². The fourth-order valence-corrected chi connectivity index (χ4v) is 5.67. The van der Waals surface area contributed by atoms with Crippen molar-refractivity contribution in [1.29, 1.82) is 0 Å². The lowest BCUT2D eigenvalue weighted by atomic mass is 9.94. The van der Waals surface area contributed by atoms with Crippen molar-refractivity contribution < 1.29 is 19.1 Å². The van der Waals surface area contributed by atoms with Crippen molar-refractivity contribution >= 4 is 22.7 Å². The lowest BCUT2D eigenvalue weighted by molar-refractivity contribution is -0.141. The first-order valence-corrected chi connectivity index (χ1v) is 14.0. The summed E-state index contributed by atoms with van der Waals surface area (Å²) in [6.07, 6.45) is 7.33. The number of nitrogens with one attached hydrogen (secondary N) is 2. The summed E-state index contributed by atoms with van der Waals surface area (Å²) >= 11 is 0. The van der Waals surface area contributed by atoms with E-state index < -0.39 is 6.04 Å². The van der Waals surface area contributed by atoms with Crippen molar-refractivity contribution in [2.24, 2.45) is 0 Å². The van der Waals surface area contributed by atoms with E-state index in [1.807, 2.05) is 66.9 Å². The minimum atomic E-state index is -0.848. The number of H-pyrrole nitrogens is 1. The van der Waals surface area contributed by atoms with Crippen LogP contribution in [0, 0.1) is 0 Å². The molecule has 40 heavy (non-hydrogen) atoms. The molecule has 208 valence electrons. The Morgan fingerprint density at radius 2 is 1.65 bits per heavy atom. The van der Waals surface area contributed by atoms with Gasteiger partial charge in [-0.05, 0) is 47.7 Å². The van der Waals surface area contributed by atoms with Gasteiger partial charge in [-0.1, -0.05) is 73.9 Å². The number of carbonyl (C=O) groups excluding carboxylic acids is 2. The van der Waals surface area contributed by atoms with Gasteiger partial charge < -0.3 is 24.7 Å². The van der Waals surface area contributed by atoms with Crippen LogP contribution in [-0.2, 0) is 22.6 Å². The van der Waals surface area contributed by atoms with Crippen LogP contribution in [0.15, 0.2) is 79.0 Å². The van der Waals surface area contributed by atoms with Crippen LogP contribution < -0.4 is 14.8 Å². The van der Waals surface area contributed by atoms with Gasteiger partial charge in [0.15, 0.2) is 11.5 Å². The number of methoxy groups -OCH3 is 2. The maximum Gasteiger partial charge on any atom is 0.247 e. The summed E-state index contributed by atoms with van der Waals surface area (Å²) < 4.78 is 11.0. The second-order valence-electron chi connectivity index (χ2n) is 10.4. The summed E-state index contributed by atoms with van der Waals surface area (Å²) in [6.45, 7) is 0.291. The number of nitrogens with zero attached hydrogens (tertiary/aromatic N) is 1. The zero-order chi connectivity index (χ0) is 27.9. The van der Waals surface area contributed by atoms with Crippen LogP contribution >= 0.6 is 0 Å². The number of benzene rings is 3. The fourth-order valence-electron chi connectivity index (χ4n) is 5.67. The summed E-state index contributed by atoms with van der Waals surface area (Å²) in [7, 11) is 3.15. The number of hydrogen-bond acceptors (Lipinski definition) is 4. The zero-order valence-corrected chi connectivity index (χ0v) is 23.2. The molecular formula is C33H37N3O4. The molecule has 5 rings (SSSR count). The zero-order valence-electron chi connectivity index (χ0n) is 23.2. The number of hydrogen-bond donors (Lipinski definition) is 2. The Bertz CT molecular complexity index is 1440. The lowest BCUT2D eigenvalue weighted by Crippen LogP contribution is -2.47. The van der Waals surface area contributed by atoms with Gasteiger partial charge in [-0.25, -0.2) is 0 Å². The number of ether oxygens (including phenoxy) is 2. The van der Waals surface area contributed by atoms with E-state index in [0.717, 1.165) is 47.7 Å². The van der Waals surface area contributed by atoms with Crippen molar-refractivity contribution in [3.63, 3.8) is 0 Å². The quantitative estimate of drug-likeness (QED) is 0.261. The third kappa shape index (κ3) is 6.14. The minimum Gasteiger partial charge on any atom is -0.493 e. The molecule has 1 aliphatic carbocycles. The molecule has 1 aliphatic rings. The first-order valence-electron chi connectivity index (χ1n) is 14.0. The van der Waals surface area contributed by atoms with Crippen LogP contribution in [0.4, 0.5) is 0 Å². The average molecular weight is 540 g/mol. The van der Waals surface area contributed by atoms with E-state index in [0.29, 0.717) is 23.6 Å². The Kier molecular flexibility index (Phi) is 8.69. The molecule has 2 amide bonds. The Balaban J connectivity index is 1.55. The van der Waals surface area contributed by atoms with Crippen LogP contribution in [0.25, 0.3) is 10.9 Å². The number of amides is 2. The normalized spacial score (nSPS) is 14.4. The van der Waals surface area contributed by atoms with Gasteiger partial charge in [-0.15, -0.1) is 0 Å². The molecule has 0 radical (unpaired) electrons. The standard InChI is InChI=1S/C33H37N3O4/c1-39-29-18-17-24(19-30(29)40-2)32(33(38)35-26-13-7-4-8-14-26)36(22-23-11-5-3-6-12-23)31(37)20-25-21-34-28-16-10-9-15-27(25)28/h3,5-6,9-12,15-19,21,26,32,34H,4,7-8,13-14,20,22H2,1-2H3,(H,35,38)/t32-/m1/s1. The highest BCUT2D eigenvalue weighted by Crippen LogP contribution is 2.34. The van der Waals surface area contributed by atoms with Gasteiger partial charge in [0.25, 0.3) is 0 Å². The minimum absolute atomic E-state index is 0.103. The fraction of sp³-hybridized carbons (Fsp3) is 0.333. The molecule has 0 unspecified atom stereocenters. The van der Waals surface area contributed by atoms with E-state index in [-0.39, 0.29) is 24.3 Å². The molecule has 0 aliphatic heterocycles. The SMILES string of the molecule is COc1ccc([C@H](C(=O)NC2CCCCC2)N(Cc2ccccc2)C(=O)Cc2c[nH]c3ccccc23)cc1OC. The molecule has 7 nitrogen and oxygen atoms in total. The molecule has 1 heterocycles. The van der Waals surface area contributed by atoms with Crippen LogP contribution in [0.2, 0.25) is 0 Å². The summed E-state index contributed by atoms with van der Waals surface area (Å²) in [5.74, 6) is 0.770. The second kappa shape index (κ2) is 12.7. The van der Waals surface area contributed by atoms with Crippen molar-refractivity contribution in [3.8, 4) is 11.5 Å². The molecule has 1 fully saturated rings. The topological polar surface area (TPSA) is 83.7 Å². The van der Waals surface area contributed by atoms with Crippen LogP contribution in [-0.4, -0.2) is 42.0 Å². The summed E-state index contributed by atoms with van der Waals surface area (Å²) in [6, 6.07) is 22.5. The number of fused-ring (bicyclic) bond motifs is 1. The summed E-state index contributed by atoms with van der Waals surface area (Å²) in [4.78, 5) is 33.3. The second-order valence-corrected chi connectivity index (χ2v) is 10.4.